The first kappa shape index (κ1) is 29.2. The van der Waals surface area contributed by atoms with E-state index < -0.39 is 28.4 Å². The van der Waals surface area contributed by atoms with Crippen LogP contribution in [0.3, 0.4) is 0 Å². The second-order valence-corrected chi connectivity index (χ2v) is 12.5. The fourth-order valence-corrected chi connectivity index (χ4v) is 6.06. The number of nitrogens with zero attached hydrogens (tertiary/aromatic N) is 2. The van der Waals surface area contributed by atoms with Crippen LogP contribution in [0, 0.1) is 0 Å². The van der Waals surface area contributed by atoms with E-state index in [0.29, 0.717) is 5.75 Å². The Morgan fingerprint density at radius 2 is 1.87 bits per heavy atom. The third-order valence-electron chi connectivity index (χ3n) is 6.13. The topological polar surface area (TPSA) is 140 Å². The van der Waals surface area contributed by atoms with Gasteiger partial charge in [0.2, 0.25) is 5.91 Å². The van der Waals surface area contributed by atoms with Gasteiger partial charge in [-0.1, -0.05) is 65.1 Å². The number of aliphatic hydroxyl groups excluding tert-OH is 1. The van der Waals surface area contributed by atoms with Gasteiger partial charge < -0.3 is 25.7 Å². The summed E-state index contributed by atoms with van der Waals surface area (Å²) in [6.07, 6.45) is 3.03. The number of aromatic nitrogens is 1. The van der Waals surface area contributed by atoms with E-state index in [9.17, 15) is 29.4 Å². The molecular weight excluding hydrogens is 591 g/mol. The van der Waals surface area contributed by atoms with Crippen molar-refractivity contribution in [2.45, 2.75) is 34.6 Å². The SMILES string of the molecule is O=C(Cc1ccccc1)N[C@@H]1C(=O)N2C=C(C[n+]3ccc(C(=O)O)c(C(=O)NCO)c3CC(Cl)(Cl)Cl)CS[C@@H]12. The number of rotatable bonds is 9. The zero-order chi connectivity index (χ0) is 28.3. The van der Waals surface area contributed by atoms with Gasteiger partial charge in [-0.05, 0) is 5.56 Å². The molecule has 39 heavy (non-hydrogen) atoms. The van der Waals surface area contributed by atoms with Crippen LogP contribution in [0.5, 0.6) is 0 Å². The Labute approximate surface area is 242 Å². The van der Waals surface area contributed by atoms with E-state index in [0.717, 1.165) is 11.1 Å². The van der Waals surface area contributed by atoms with Crippen molar-refractivity contribution in [3.05, 3.63) is 76.8 Å². The number of β-lactam (4-membered cyclic amide) rings is 1. The summed E-state index contributed by atoms with van der Waals surface area (Å²) in [6, 6.07) is 9.85. The van der Waals surface area contributed by atoms with Gasteiger partial charge in [0, 0.05) is 23.6 Å². The number of benzene rings is 1. The first-order valence-electron chi connectivity index (χ1n) is 11.7. The van der Waals surface area contributed by atoms with Gasteiger partial charge in [0.1, 0.15) is 23.7 Å². The molecular formula is C25H24Cl3N4O6S+. The number of amides is 3. The fourth-order valence-electron chi connectivity index (χ4n) is 4.43. The van der Waals surface area contributed by atoms with E-state index in [4.69, 9.17) is 34.8 Å². The number of fused-ring (bicyclic) bond motifs is 1. The normalized spacial score (nSPS) is 18.5. The smallest absolute Gasteiger partial charge is 0.336 e. The van der Waals surface area contributed by atoms with Gasteiger partial charge in [0.05, 0.1) is 18.4 Å². The summed E-state index contributed by atoms with van der Waals surface area (Å²) in [7, 11) is 0. The van der Waals surface area contributed by atoms with Gasteiger partial charge in [-0.25, -0.2) is 4.79 Å². The maximum Gasteiger partial charge on any atom is 0.336 e. The second-order valence-electron chi connectivity index (χ2n) is 8.88. The lowest BCUT2D eigenvalue weighted by molar-refractivity contribution is -0.696. The Kier molecular flexibility index (Phi) is 9.07. The highest BCUT2D eigenvalue weighted by Crippen LogP contribution is 2.36. The minimum Gasteiger partial charge on any atom is -0.478 e. The number of aromatic carboxylic acids is 1. The molecule has 0 spiro atoms. The predicted octanol–water partition coefficient (Wildman–Crippen LogP) is 1.79. The maximum atomic E-state index is 12.8. The number of carboxylic acids is 1. The third-order valence-corrected chi connectivity index (χ3v) is 7.91. The molecule has 1 saturated heterocycles. The van der Waals surface area contributed by atoms with Crippen molar-refractivity contribution in [2.75, 3.05) is 12.5 Å². The molecule has 3 amide bonds. The number of carbonyl (C=O) groups is 4. The lowest BCUT2D eigenvalue weighted by atomic mass is 10.0. The molecule has 2 atom stereocenters. The molecule has 0 aliphatic carbocycles. The summed E-state index contributed by atoms with van der Waals surface area (Å²) < 4.78 is -0.275. The van der Waals surface area contributed by atoms with Crippen LogP contribution in [0.15, 0.2) is 54.4 Å². The molecule has 14 heteroatoms. The monoisotopic (exact) mass is 613 g/mol. The standard InChI is InChI=1S/C25H23Cl3N4O6S/c26-25(27,28)9-17-19(21(35)29-13-33)16(24(37)38)6-7-31(17)10-15-11-32-22(36)20(23(32)39-12-15)30-18(34)8-14-4-2-1-3-5-14/h1-7,11,20,23,33H,8-10,12-13H2,(H2-,29,30,34,35,37,38)/p+1/t20-,23+/m1/s1. The van der Waals surface area contributed by atoms with Crippen LogP contribution >= 0.6 is 46.6 Å². The fraction of sp³-hybridized carbons (Fsp3) is 0.320. The summed E-state index contributed by atoms with van der Waals surface area (Å²) in [5.74, 6) is -2.20. The van der Waals surface area contributed by atoms with Crippen molar-refractivity contribution >= 4 is 70.3 Å². The Hall–Kier alpha value is -2.83. The highest BCUT2D eigenvalue weighted by atomic mass is 35.6. The quantitative estimate of drug-likeness (QED) is 0.146. The first-order valence-corrected chi connectivity index (χ1v) is 13.9. The lowest BCUT2D eigenvalue weighted by Crippen LogP contribution is -2.68. The Bertz CT molecular complexity index is 1340. The number of carbonyl (C=O) groups excluding carboxylic acids is 3. The summed E-state index contributed by atoms with van der Waals surface area (Å²) >= 11 is 19.6. The van der Waals surface area contributed by atoms with Crippen LogP contribution in [0.1, 0.15) is 32.0 Å². The number of hydrogen-bond donors (Lipinski definition) is 4. The molecule has 0 bridgehead atoms. The van der Waals surface area contributed by atoms with Crippen LogP contribution in [-0.4, -0.2) is 66.5 Å². The van der Waals surface area contributed by atoms with Gasteiger partial charge in [-0.15, -0.1) is 11.8 Å². The van der Waals surface area contributed by atoms with Gasteiger partial charge in [0.15, 0.2) is 22.2 Å². The van der Waals surface area contributed by atoms with E-state index in [-0.39, 0.29) is 53.4 Å². The zero-order valence-corrected chi connectivity index (χ0v) is 23.4. The maximum absolute atomic E-state index is 12.8. The molecule has 4 N–H and O–H groups in total. The number of alkyl halides is 3. The Morgan fingerprint density at radius 3 is 2.51 bits per heavy atom. The number of hydrogen-bond acceptors (Lipinski definition) is 6. The largest absolute Gasteiger partial charge is 0.478 e. The number of pyridine rings is 1. The highest BCUT2D eigenvalue weighted by Gasteiger charge is 2.49. The second kappa shape index (κ2) is 12.1. The van der Waals surface area contributed by atoms with Crippen LogP contribution in [-0.2, 0) is 29.0 Å². The molecule has 0 radical (unpaired) electrons. The molecule has 10 nitrogen and oxygen atoms in total. The lowest BCUT2D eigenvalue weighted by Gasteiger charge is -2.47. The van der Waals surface area contributed by atoms with Crippen molar-refractivity contribution < 1.29 is 34.0 Å². The molecule has 206 valence electrons. The highest BCUT2D eigenvalue weighted by molar-refractivity contribution is 8.00. The molecule has 2 aromatic rings. The van der Waals surface area contributed by atoms with Gasteiger partial charge in [-0.3, -0.25) is 14.4 Å². The zero-order valence-electron chi connectivity index (χ0n) is 20.3. The molecule has 2 aliphatic heterocycles. The van der Waals surface area contributed by atoms with Crippen molar-refractivity contribution in [3.63, 3.8) is 0 Å². The third kappa shape index (κ3) is 6.85. The molecule has 3 heterocycles. The van der Waals surface area contributed by atoms with Crippen LogP contribution in [0.25, 0.3) is 0 Å². The van der Waals surface area contributed by atoms with E-state index in [1.807, 2.05) is 30.3 Å². The first-order chi connectivity index (χ1) is 18.5. The van der Waals surface area contributed by atoms with Crippen LogP contribution in [0.4, 0.5) is 0 Å². The van der Waals surface area contributed by atoms with E-state index >= 15 is 0 Å². The van der Waals surface area contributed by atoms with Crippen LogP contribution < -0.4 is 15.2 Å². The summed E-state index contributed by atoms with van der Waals surface area (Å²) in [5.41, 5.74) is 1.20. The minimum atomic E-state index is -1.85. The number of halogens is 3. The van der Waals surface area contributed by atoms with E-state index in [2.05, 4.69) is 10.6 Å². The van der Waals surface area contributed by atoms with Gasteiger partial charge in [-0.2, -0.15) is 4.57 Å². The summed E-state index contributed by atoms with van der Waals surface area (Å²) in [4.78, 5) is 51.4. The number of nitrogens with one attached hydrogen (secondary N) is 2. The molecule has 2 aliphatic rings. The average molecular weight is 615 g/mol. The Morgan fingerprint density at radius 1 is 1.15 bits per heavy atom. The predicted molar refractivity (Wildman–Crippen MR) is 145 cm³/mol. The van der Waals surface area contributed by atoms with Crippen molar-refractivity contribution in [1.82, 2.24) is 15.5 Å². The number of carboxylic acid groups (broad SMARTS) is 1. The van der Waals surface area contributed by atoms with Crippen molar-refractivity contribution in [1.29, 1.82) is 0 Å². The number of thioether (sulfide) groups is 1. The summed E-state index contributed by atoms with van der Waals surface area (Å²) in [6.45, 7) is -0.548. The average Bonchev–Trinajstić information content (AvgIpc) is 2.87. The molecule has 0 saturated carbocycles. The van der Waals surface area contributed by atoms with Gasteiger partial charge in [0.25, 0.3) is 11.8 Å². The molecule has 0 unspecified atom stereocenters. The van der Waals surface area contributed by atoms with E-state index in [1.165, 1.54) is 28.9 Å². The van der Waals surface area contributed by atoms with E-state index in [1.54, 1.807) is 10.8 Å². The molecule has 1 fully saturated rings. The molecule has 4 rings (SSSR count). The van der Waals surface area contributed by atoms with Crippen molar-refractivity contribution in [2.24, 2.45) is 0 Å². The van der Waals surface area contributed by atoms with Crippen LogP contribution in [0.2, 0.25) is 0 Å². The molecule has 1 aromatic heterocycles. The Balaban J connectivity index is 1.54. The number of aliphatic hydroxyl groups is 1. The summed E-state index contributed by atoms with van der Waals surface area (Å²) in [5, 5.41) is 23.6. The molecule has 1 aromatic carbocycles. The van der Waals surface area contributed by atoms with Crippen molar-refractivity contribution in [3.8, 4) is 0 Å². The minimum absolute atomic E-state index is 0.134. The van der Waals surface area contributed by atoms with Gasteiger partial charge >= 0.3 is 5.97 Å².